The Balaban J connectivity index is 2.01. The maximum absolute atomic E-state index is 2.35. The van der Waals surface area contributed by atoms with Crippen LogP contribution in [0.1, 0.15) is 58.9 Å². The lowest BCUT2D eigenvalue weighted by Crippen LogP contribution is -2.08. The largest absolute Gasteiger partial charge is 0.0622 e. The zero-order valence-corrected chi connectivity index (χ0v) is 12.8. The molecule has 1 aliphatic rings. The molecule has 104 valence electrons. The van der Waals surface area contributed by atoms with Gasteiger partial charge in [0.2, 0.25) is 0 Å². The maximum atomic E-state index is 2.35. The highest BCUT2D eigenvalue weighted by molar-refractivity contribution is 5.42. The molecule has 1 fully saturated rings. The quantitative estimate of drug-likeness (QED) is 0.656. The maximum Gasteiger partial charge on any atom is -0.00878 e. The fraction of sp³-hybridized carbons (Fsp3) is 0.400. The minimum Gasteiger partial charge on any atom is -0.0622 e. The molecule has 0 aliphatic heterocycles. The normalized spacial score (nSPS) is 22.1. The fourth-order valence-corrected chi connectivity index (χ4v) is 4.18. The molecule has 0 nitrogen and oxygen atoms in total. The van der Waals surface area contributed by atoms with E-state index in [1.807, 2.05) is 0 Å². The van der Waals surface area contributed by atoms with Gasteiger partial charge in [0.15, 0.2) is 0 Å². The van der Waals surface area contributed by atoms with Crippen molar-refractivity contribution < 1.29 is 0 Å². The molecule has 0 heterocycles. The number of hydrogen-bond donors (Lipinski definition) is 0. The summed E-state index contributed by atoms with van der Waals surface area (Å²) in [6, 6.07) is 15.8. The van der Waals surface area contributed by atoms with Gasteiger partial charge in [-0.2, -0.15) is 0 Å². The summed E-state index contributed by atoms with van der Waals surface area (Å²) < 4.78 is 0. The summed E-state index contributed by atoms with van der Waals surface area (Å²) in [5.74, 6) is 1.41. The second-order valence-corrected chi connectivity index (χ2v) is 6.37. The molecule has 0 radical (unpaired) electrons. The molecule has 3 rings (SSSR count). The Morgan fingerprint density at radius 2 is 1.40 bits per heavy atom. The Morgan fingerprint density at radius 1 is 0.800 bits per heavy atom. The fourth-order valence-electron chi connectivity index (χ4n) is 4.18. The van der Waals surface area contributed by atoms with Gasteiger partial charge in [-0.25, -0.2) is 0 Å². The molecule has 0 bridgehead atoms. The molecule has 0 spiro atoms. The van der Waals surface area contributed by atoms with E-state index in [2.05, 4.69) is 63.2 Å². The number of benzene rings is 2. The molecular weight excluding hydrogens is 240 g/mol. The lowest BCUT2D eigenvalue weighted by atomic mass is 9.80. The lowest BCUT2D eigenvalue weighted by molar-refractivity contribution is 0.617. The van der Waals surface area contributed by atoms with Crippen LogP contribution in [-0.2, 0) is 0 Å². The first-order chi connectivity index (χ1) is 9.66. The van der Waals surface area contributed by atoms with Gasteiger partial charge >= 0.3 is 0 Å². The Morgan fingerprint density at radius 3 is 2.05 bits per heavy atom. The topological polar surface area (TPSA) is 0 Å². The van der Waals surface area contributed by atoms with Crippen LogP contribution in [0.4, 0.5) is 0 Å². The first-order valence-corrected chi connectivity index (χ1v) is 7.79. The van der Waals surface area contributed by atoms with Crippen LogP contribution >= 0.6 is 0 Å². The Kier molecular flexibility index (Phi) is 3.65. The summed E-state index contributed by atoms with van der Waals surface area (Å²) in [7, 11) is 0. The highest BCUT2D eigenvalue weighted by atomic mass is 14.4. The van der Waals surface area contributed by atoms with Crippen molar-refractivity contribution in [3.63, 3.8) is 0 Å². The Bertz CT molecular complexity index is 572. The van der Waals surface area contributed by atoms with Crippen molar-refractivity contribution in [3.05, 3.63) is 70.3 Å². The van der Waals surface area contributed by atoms with Crippen LogP contribution < -0.4 is 0 Å². The van der Waals surface area contributed by atoms with Gasteiger partial charge < -0.3 is 0 Å². The zero-order chi connectivity index (χ0) is 14.1. The third kappa shape index (κ3) is 2.40. The molecule has 1 saturated carbocycles. The molecular formula is C20H24. The molecule has 0 heteroatoms. The Hall–Kier alpha value is -1.56. The van der Waals surface area contributed by atoms with Gasteiger partial charge in [-0.1, -0.05) is 54.4 Å². The molecule has 1 aliphatic carbocycles. The van der Waals surface area contributed by atoms with E-state index in [4.69, 9.17) is 0 Å². The second kappa shape index (κ2) is 5.44. The van der Waals surface area contributed by atoms with Crippen LogP contribution in [-0.4, -0.2) is 0 Å². The van der Waals surface area contributed by atoms with Crippen molar-refractivity contribution in [3.8, 4) is 0 Å². The monoisotopic (exact) mass is 264 g/mol. The molecule has 20 heavy (non-hydrogen) atoms. The minimum atomic E-state index is 0.705. The average molecular weight is 264 g/mol. The van der Waals surface area contributed by atoms with E-state index in [0.717, 1.165) is 0 Å². The predicted molar refractivity (Wildman–Crippen MR) is 86.4 cm³/mol. The van der Waals surface area contributed by atoms with Gasteiger partial charge in [0.1, 0.15) is 0 Å². The van der Waals surface area contributed by atoms with Gasteiger partial charge in [-0.15, -0.1) is 0 Å². The molecule has 0 aromatic heterocycles. The van der Waals surface area contributed by atoms with Crippen molar-refractivity contribution in [1.82, 2.24) is 0 Å². The molecule has 2 unspecified atom stereocenters. The molecule has 0 saturated heterocycles. The van der Waals surface area contributed by atoms with Crippen LogP contribution in [0.5, 0.6) is 0 Å². The highest BCUT2D eigenvalue weighted by Crippen LogP contribution is 2.47. The first kappa shape index (κ1) is 13.4. The molecule has 2 atom stereocenters. The highest BCUT2D eigenvalue weighted by Gasteiger charge is 2.31. The SMILES string of the molecule is Cc1cc(C)c(C2CCCC2c2ccccc2)c(C)c1. The van der Waals surface area contributed by atoms with Gasteiger partial charge in [-0.3, -0.25) is 0 Å². The van der Waals surface area contributed by atoms with Crippen molar-refractivity contribution in [2.75, 3.05) is 0 Å². The standard InChI is InChI=1S/C20H24/c1-14-12-15(2)20(16(3)13-14)19-11-7-10-18(19)17-8-5-4-6-9-17/h4-6,8-9,12-13,18-19H,7,10-11H2,1-3H3. The summed E-state index contributed by atoms with van der Waals surface area (Å²) in [4.78, 5) is 0. The van der Waals surface area contributed by atoms with E-state index in [-0.39, 0.29) is 0 Å². The number of aryl methyl sites for hydroxylation is 3. The van der Waals surface area contributed by atoms with Crippen LogP contribution in [0.3, 0.4) is 0 Å². The lowest BCUT2D eigenvalue weighted by Gasteiger charge is -2.24. The van der Waals surface area contributed by atoms with Crippen LogP contribution in [0.2, 0.25) is 0 Å². The summed E-state index contributed by atoms with van der Waals surface area (Å²) in [6.45, 7) is 6.78. The summed E-state index contributed by atoms with van der Waals surface area (Å²) in [6.07, 6.45) is 4.03. The molecule has 2 aromatic carbocycles. The smallest absolute Gasteiger partial charge is 0.00878 e. The molecule has 0 amide bonds. The van der Waals surface area contributed by atoms with Crippen LogP contribution in [0.25, 0.3) is 0 Å². The van der Waals surface area contributed by atoms with Gasteiger partial charge in [0.05, 0.1) is 0 Å². The van der Waals surface area contributed by atoms with E-state index >= 15 is 0 Å². The van der Waals surface area contributed by atoms with Crippen molar-refractivity contribution in [2.24, 2.45) is 0 Å². The summed E-state index contributed by atoms with van der Waals surface area (Å²) in [5, 5.41) is 0. The van der Waals surface area contributed by atoms with Gasteiger partial charge in [0.25, 0.3) is 0 Å². The van der Waals surface area contributed by atoms with Crippen LogP contribution in [0.15, 0.2) is 42.5 Å². The Labute approximate surface area is 122 Å². The van der Waals surface area contributed by atoms with E-state index in [1.54, 1.807) is 5.56 Å². The zero-order valence-electron chi connectivity index (χ0n) is 12.8. The van der Waals surface area contributed by atoms with Crippen LogP contribution in [0, 0.1) is 20.8 Å². The number of hydrogen-bond acceptors (Lipinski definition) is 0. The van der Waals surface area contributed by atoms with E-state index in [1.165, 1.54) is 41.5 Å². The van der Waals surface area contributed by atoms with Gasteiger partial charge in [-0.05, 0) is 67.7 Å². The van der Waals surface area contributed by atoms with Gasteiger partial charge in [0, 0.05) is 0 Å². The predicted octanol–water partition coefficient (Wildman–Crippen LogP) is 5.66. The summed E-state index contributed by atoms with van der Waals surface area (Å²) >= 11 is 0. The van der Waals surface area contributed by atoms with Crippen molar-refractivity contribution in [2.45, 2.75) is 51.9 Å². The molecule has 0 N–H and O–H groups in total. The summed E-state index contributed by atoms with van der Waals surface area (Å²) in [5.41, 5.74) is 7.49. The average Bonchev–Trinajstić information content (AvgIpc) is 2.87. The molecule has 2 aromatic rings. The third-order valence-electron chi connectivity index (χ3n) is 4.85. The van der Waals surface area contributed by atoms with Crippen molar-refractivity contribution in [1.29, 1.82) is 0 Å². The first-order valence-electron chi connectivity index (χ1n) is 7.79. The van der Waals surface area contributed by atoms with E-state index < -0.39 is 0 Å². The number of rotatable bonds is 2. The van der Waals surface area contributed by atoms with E-state index in [0.29, 0.717) is 11.8 Å². The van der Waals surface area contributed by atoms with E-state index in [9.17, 15) is 0 Å². The third-order valence-corrected chi connectivity index (χ3v) is 4.85. The second-order valence-electron chi connectivity index (χ2n) is 6.37. The minimum absolute atomic E-state index is 0.705. The van der Waals surface area contributed by atoms with Crippen molar-refractivity contribution >= 4 is 0 Å².